The number of amides is 1. The number of hydrogen-bond donors (Lipinski definition) is 1. The topological polar surface area (TPSA) is 36.8 Å². The lowest BCUT2D eigenvalue weighted by Crippen LogP contribution is -2.24. The first-order valence-corrected chi connectivity index (χ1v) is 8.82. The molecule has 1 amide bonds. The number of thiophene rings is 1. The molecule has 0 spiro atoms. The van der Waals surface area contributed by atoms with Gasteiger partial charge in [0.25, 0.3) is 5.91 Å². The van der Waals surface area contributed by atoms with Gasteiger partial charge in [0.1, 0.15) is 5.82 Å². The fourth-order valence-electron chi connectivity index (χ4n) is 2.70. The number of anilines is 1. The SMILES string of the molecule is CCN(CC)c1ccc2ccc(C(=O)NCc3ccsc3)cn12. The van der Waals surface area contributed by atoms with E-state index in [4.69, 9.17) is 0 Å². The van der Waals surface area contributed by atoms with Gasteiger partial charge >= 0.3 is 0 Å². The average Bonchev–Trinajstić information content (AvgIpc) is 3.23. The number of nitrogens with one attached hydrogen (secondary N) is 1. The lowest BCUT2D eigenvalue weighted by Gasteiger charge is -2.20. The molecule has 0 fully saturated rings. The number of nitrogens with zero attached hydrogens (tertiary/aromatic N) is 2. The second kappa shape index (κ2) is 6.87. The van der Waals surface area contributed by atoms with Gasteiger partial charge < -0.3 is 14.6 Å². The van der Waals surface area contributed by atoms with Crippen LogP contribution in [0.2, 0.25) is 0 Å². The summed E-state index contributed by atoms with van der Waals surface area (Å²) in [5, 5.41) is 7.04. The number of aromatic nitrogens is 1. The van der Waals surface area contributed by atoms with Crippen LogP contribution in [-0.2, 0) is 6.54 Å². The van der Waals surface area contributed by atoms with Gasteiger partial charge in [-0.05, 0) is 60.5 Å². The van der Waals surface area contributed by atoms with E-state index in [0.717, 1.165) is 30.0 Å². The molecule has 3 aromatic heterocycles. The van der Waals surface area contributed by atoms with Gasteiger partial charge in [-0.1, -0.05) is 0 Å². The van der Waals surface area contributed by atoms with Crippen molar-refractivity contribution in [1.82, 2.24) is 9.72 Å². The smallest absolute Gasteiger partial charge is 0.253 e. The normalized spacial score (nSPS) is 10.9. The second-order valence-electron chi connectivity index (χ2n) is 5.39. The van der Waals surface area contributed by atoms with Crippen molar-refractivity contribution >= 4 is 28.6 Å². The van der Waals surface area contributed by atoms with Gasteiger partial charge in [0.05, 0.1) is 5.56 Å². The third-order valence-corrected chi connectivity index (χ3v) is 4.74. The fourth-order valence-corrected chi connectivity index (χ4v) is 3.37. The minimum atomic E-state index is -0.0442. The molecule has 0 aliphatic carbocycles. The Balaban J connectivity index is 1.83. The summed E-state index contributed by atoms with van der Waals surface area (Å²) in [6.45, 7) is 6.73. The lowest BCUT2D eigenvalue weighted by molar-refractivity contribution is 0.0950. The second-order valence-corrected chi connectivity index (χ2v) is 6.17. The number of carbonyl (C=O) groups is 1. The van der Waals surface area contributed by atoms with E-state index in [9.17, 15) is 4.79 Å². The Morgan fingerprint density at radius 1 is 1.17 bits per heavy atom. The van der Waals surface area contributed by atoms with Crippen LogP contribution in [-0.4, -0.2) is 23.4 Å². The van der Waals surface area contributed by atoms with Gasteiger partial charge in [0, 0.05) is 31.3 Å². The molecule has 3 rings (SSSR count). The molecule has 0 aromatic carbocycles. The first-order chi connectivity index (χ1) is 11.2. The third-order valence-electron chi connectivity index (χ3n) is 4.01. The zero-order valence-corrected chi connectivity index (χ0v) is 14.3. The van der Waals surface area contributed by atoms with Crippen molar-refractivity contribution < 1.29 is 4.79 Å². The summed E-state index contributed by atoms with van der Waals surface area (Å²) >= 11 is 1.64. The van der Waals surface area contributed by atoms with Crippen molar-refractivity contribution in [2.24, 2.45) is 0 Å². The molecule has 0 unspecified atom stereocenters. The van der Waals surface area contributed by atoms with Crippen LogP contribution in [0.4, 0.5) is 5.82 Å². The van der Waals surface area contributed by atoms with Crippen molar-refractivity contribution in [1.29, 1.82) is 0 Å². The van der Waals surface area contributed by atoms with Gasteiger partial charge in [-0.15, -0.1) is 0 Å². The maximum atomic E-state index is 12.4. The zero-order valence-electron chi connectivity index (χ0n) is 13.5. The Labute approximate surface area is 140 Å². The van der Waals surface area contributed by atoms with Gasteiger partial charge in [0.2, 0.25) is 0 Å². The summed E-state index contributed by atoms with van der Waals surface area (Å²) in [7, 11) is 0. The van der Waals surface area contributed by atoms with E-state index in [1.54, 1.807) is 11.3 Å². The predicted molar refractivity (Wildman–Crippen MR) is 96.4 cm³/mol. The van der Waals surface area contributed by atoms with Crippen LogP contribution >= 0.6 is 11.3 Å². The van der Waals surface area contributed by atoms with Crippen LogP contribution in [0.5, 0.6) is 0 Å². The van der Waals surface area contributed by atoms with Crippen molar-refractivity contribution in [3.8, 4) is 0 Å². The Hall–Kier alpha value is -2.27. The molecule has 120 valence electrons. The quantitative estimate of drug-likeness (QED) is 0.748. The molecule has 1 N–H and O–H groups in total. The van der Waals surface area contributed by atoms with Crippen LogP contribution in [0, 0.1) is 0 Å². The first kappa shape index (κ1) is 15.6. The van der Waals surface area contributed by atoms with Crippen LogP contribution in [0.25, 0.3) is 5.52 Å². The molecule has 23 heavy (non-hydrogen) atoms. The maximum absolute atomic E-state index is 12.4. The Kier molecular flexibility index (Phi) is 4.67. The van der Waals surface area contributed by atoms with Crippen molar-refractivity contribution in [2.45, 2.75) is 20.4 Å². The number of rotatable bonds is 6. The molecular weight excluding hydrogens is 306 g/mol. The summed E-state index contributed by atoms with van der Waals surface area (Å²) in [6.07, 6.45) is 1.92. The van der Waals surface area contributed by atoms with Gasteiger partial charge in [-0.2, -0.15) is 11.3 Å². The molecule has 3 aromatic rings. The van der Waals surface area contributed by atoms with Gasteiger partial charge in [0.15, 0.2) is 0 Å². The molecule has 3 heterocycles. The highest BCUT2D eigenvalue weighted by atomic mass is 32.1. The van der Waals surface area contributed by atoms with E-state index in [1.165, 1.54) is 0 Å². The molecule has 0 saturated carbocycles. The number of carbonyl (C=O) groups excluding carboxylic acids is 1. The molecule has 0 aliphatic rings. The Morgan fingerprint density at radius 2 is 1.96 bits per heavy atom. The largest absolute Gasteiger partial charge is 0.358 e. The van der Waals surface area contributed by atoms with Crippen LogP contribution < -0.4 is 10.2 Å². The van der Waals surface area contributed by atoms with E-state index < -0.39 is 0 Å². The fraction of sp³-hybridized carbons (Fsp3) is 0.278. The molecule has 4 nitrogen and oxygen atoms in total. The lowest BCUT2D eigenvalue weighted by atomic mass is 10.2. The minimum absolute atomic E-state index is 0.0442. The maximum Gasteiger partial charge on any atom is 0.253 e. The van der Waals surface area contributed by atoms with Crippen LogP contribution in [0.15, 0.2) is 47.3 Å². The number of fused-ring (bicyclic) bond motifs is 1. The average molecular weight is 327 g/mol. The van der Waals surface area contributed by atoms with E-state index in [0.29, 0.717) is 12.1 Å². The van der Waals surface area contributed by atoms with Crippen LogP contribution in [0.3, 0.4) is 0 Å². The molecule has 0 saturated heterocycles. The Bertz CT molecular complexity index is 788. The first-order valence-electron chi connectivity index (χ1n) is 7.88. The summed E-state index contributed by atoms with van der Waals surface area (Å²) < 4.78 is 2.09. The standard InChI is InChI=1S/C18H21N3OS/c1-3-20(4-2)17-8-7-16-6-5-15(12-21(16)17)18(22)19-11-14-9-10-23-13-14/h5-10,12-13H,3-4,11H2,1-2H3,(H,19,22). The molecule has 5 heteroatoms. The molecule has 0 atom stereocenters. The Morgan fingerprint density at radius 3 is 2.65 bits per heavy atom. The van der Waals surface area contributed by atoms with E-state index in [-0.39, 0.29) is 5.91 Å². The monoisotopic (exact) mass is 327 g/mol. The number of pyridine rings is 1. The summed E-state index contributed by atoms with van der Waals surface area (Å²) in [5.74, 6) is 1.08. The molecule has 0 bridgehead atoms. The third kappa shape index (κ3) is 3.24. The summed E-state index contributed by atoms with van der Waals surface area (Å²) in [4.78, 5) is 14.7. The zero-order chi connectivity index (χ0) is 16.2. The van der Waals surface area contributed by atoms with Crippen LogP contribution in [0.1, 0.15) is 29.8 Å². The van der Waals surface area contributed by atoms with Gasteiger partial charge in [-0.25, -0.2) is 0 Å². The summed E-state index contributed by atoms with van der Waals surface area (Å²) in [6, 6.07) is 10.1. The van der Waals surface area contributed by atoms with Crippen molar-refractivity contribution in [3.05, 3.63) is 58.4 Å². The van der Waals surface area contributed by atoms with Crippen molar-refractivity contribution in [2.75, 3.05) is 18.0 Å². The minimum Gasteiger partial charge on any atom is -0.358 e. The molecular formula is C18H21N3OS. The van der Waals surface area contributed by atoms with E-state index in [2.05, 4.69) is 40.6 Å². The highest BCUT2D eigenvalue weighted by molar-refractivity contribution is 7.07. The number of hydrogen-bond acceptors (Lipinski definition) is 3. The highest BCUT2D eigenvalue weighted by Gasteiger charge is 2.11. The van der Waals surface area contributed by atoms with E-state index >= 15 is 0 Å². The highest BCUT2D eigenvalue weighted by Crippen LogP contribution is 2.20. The predicted octanol–water partition coefficient (Wildman–Crippen LogP) is 3.78. The molecule has 0 aliphatic heterocycles. The van der Waals surface area contributed by atoms with Gasteiger partial charge in [-0.3, -0.25) is 4.79 Å². The molecule has 0 radical (unpaired) electrons. The van der Waals surface area contributed by atoms with Crippen molar-refractivity contribution in [3.63, 3.8) is 0 Å². The van der Waals surface area contributed by atoms with E-state index in [1.807, 2.05) is 35.2 Å². The summed E-state index contributed by atoms with van der Waals surface area (Å²) in [5.41, 5.74) is 2.91.